The molecule has 0 aliphatic heterocycles. The third kappa shape index (κ3) is 16.0. The Morgan fingerprint density at radius 3 is 0.848 bits per heavy atom. The fraction of sp³-hybridized carbons (Fsp3) is 0.0345. The first-order chi connectivity index (χ1) is 16.0. The van der Waals surface area contributed by atoms with Gasteiger partial charge in [-0.15, -0.1) is 13.2 Å². The van der Waals surface area contributed by atoms with Crippen LogP contribution < -0.4 is 0 Å². The van der Waals surface area contributed by atoms with Gasteiger partial charge in [0.1, 0.15) is 0 Å². The van der Waals surface area contributed by atoms with Gasteiger partial charge in [0.2, 0.25) is 0 Å². The summed E-state index contributed by atoms with van der Waals surface area (Å²) in [5.41, 5.74) is 1.98. The van der Waals surface area contributed by atoms with Crippen molar-refractivity contribution in [3.05, 3.63) is 157 Å². The zero-order chi connectivity index (χ0) is 24.7. The van der Waals surface area contributed by atoms with E-state index in [1.54, 1.807) is 60.7 Å². The molecule has 4 aromatic carbocycles. The smallest absolute Gasteiger partial charge is 0.335 e. The van der Waals surface area contributed by atoms with Gasteiger partial charge in [-0.1, -0.05) is 109 Å². The fourth-order valence-electron chi connectivity index (χ4n) is 2.08. The Hall–Kier alpha value is -4.44. The van der Waals surface area contributed by atoms with Crippen LogP contribution in [0.5, 0.6) is 0 Å². The highest BCUT2D eigenvalue weighted by molar-refractivity contribution is 5.87. The predicted octanol–water partition coefficient (Wildman–Crippen LogP) is 7.25. The van der Waals surface area contributed by atoms with Gasteiger partial charge in [0.15, 0.2) is 0 Å². The van der Waals surface area contributed by atoms with Crippen molar-refractivity contribution in [3.8, 4) is 0 Å². The highest BCUT2D eigenvalue weighted by atomic mass is 16.4. The topological polar surface area (TPSA) is 74.6 Å². The van der Waals surface area contributed by atoms with Crippen molar-refractivity contribution >= 4 is 11.9 Å². The Morgan fingerprint density at radius 2 is 0.697 bits per heavy atom. The van der Waals surface area contributed by atoms with E-state index in [2.05, 4.69) is 32.2 Å². The van der Waals surface area contributed by atoms with Crippen molar-refractivity contribution in [2.45, 2.75) is 6.92 Å². The van der Waals surface area contributed by atoms with Gasteiger partial charge in [0.25, 0.3) is 0 Å². The summed E-state index contributed by atoms with van der Waals surface area (Å²) in [4.78, 5) is 20.4. The Bertz CT molecular complexity index is 911. The Balaban J connectivity index is 0.000000408. The number of hydrogen-bond acceptors (Lipinski definition) is 2. The second-order valence-corrected chi connectivity index (χ2v) is 6.15. The molecule has 4 aromatic rings. The number of aryl methyl sites for hydroxylation is 1. The van der Waals surface area contributed by atoms with Crippen LogP contribution in [0.3, 0.4) is 0 Å². The average Bonchev–Trinajstić information content (AvgIpc) is 2.89. The van der Waals surface area contributed by atoms with Gasteiger partial charge in [-0.3, -0.25) is 0 Å². The summed E-state index contributed by atoms with van der Waals surface area (Å²) in [6.07, 6.45) is 0. The Kier molecular flexibility index (Phi) is 16.9. The number of benzene rings is 4. The average molecular weight is 443 g/mol. The maximum Gasteiger partial charge on any atom is 0.335 e. The van der Waals surface area contributed by atoms with Crippen LogP contribution in [0, 0.1) is 6.92 Å². The first-order valence-electron chi connectivity index (χ1n) is 10.1. The molecule has 0 spiro atoms. The molecule has 0 aliphatic carbocycles. The molecule has 0 heterocycles. The Morgan fingerprint density at radius 1 is 0.485 bits per heavy atom. The molecule has 33 heavy (non-hydrogen) atoms. The normalized spacial score (nSPS) is 8.27. The summed E-state index contributed by atoms with van der Waals surface area (Å²) in [6, 6.07) is 38.9. The molecular weight excluding hydrogens is 412 g/mol. The van der Waals surface area contributed by atoms with Gasteiger partial charge in [0.05, 0.1) is 11.1 Å². The molecule has 0 unspecified atom stereocenters. The van der Waals surface area contributed by atoms with Crippen molar-refractivity contribution in [2.75, 3.05) is 0 Å². The molecule has 0 saturated heterocycles. The summed E-state index contributed by atoms with van der Waals surface area (Å²) in [6.45, 7) is 8.08. The van der Waals surface area contributed by atoms with Crippen molar-refractivity contribution in [3.63, 3.8) is 0 Å². The molecule has 0 amide bonds. The van der Waals surface area contributed by atoms with Crippen LogP contribution in [0.15, 0.2) is 141 Å². The quantitative estimate of drug-likeness (QED) is 0.321. The molecule has 0 fully saturated rings. The Labute approximate surface area is 196 Å². The third-order valence-electron chi connectivity index (χ3n) is 3.65. The molecule has 2 N–H and O–H groups in total. The number of hydrogen-bond donors (Lipinski definition) is 2. The minimum atomic E-state index is -0.879. The zero-order valence-electron chi connectivity index (χ0n) is 18.7. The standard InChI is InChI=1S/2C7H6O2.C7H8.C6H6.C2H4/c2*8-7(9)6-4-2-1-3-5-6;1-7-5-3-2-4-6-7;1-2-4-6-5-3-1;1-2/h2*1-5H,(H,8,9);2-6H,1H3;1-6H;1-2H2. The van der Waals surface area contributed by atoms with Crippen LogP contribution in [-0.2, 0) is 0 Å². The van der Waals surface area contributed by atoms with Crippen LogP contribution in [0.25, 0.3) is 0 Å². The molecule has 0 atom stereocenters. The van der Waals surface area contributed by atoms with Gasteiger partial charge in [0, 0.05) is 0 Å². The molecule has 0 saturated carbocycles. The molecule has 0 bridgehead atoms. The molecule has 170 valence electrons. The molecule has 4 rings (SSSR count). The van der Waals surface area contributed by atoms with Crippen LogP contribution in [0.1, 0.15) is 26.3 Å². The molecule has 4 nitrogen and oxygen atoms in total. The predicted molar refractivity (Wildman–Crippen MR) is 136 cm³/mol. The number of rotatable bonds is 2. The lowest BCUT2D eigenvalue weighted by molar-refractivity contribution is 0.0686. The van der Waals surface area contributed by atoms with Gasteiger partial charge < -0.3 is 10.2 Å². The fourth-order valence-corrected chi connectivity index (χ4v) is 2.08. The minimum absolute atomic E-state index is 0.331. The molecule has 0 radical (unpaired) electrons. The van der Waals surface area contributed by atoms with Crippen LogP contribution >= 0.6 is 0 Å². The van der Waals surface area contributed by atoms with E-state index in [0.717, 1.165) is 0 Å². The lowest BCUT2D eigenvalue weighted by Crippen LogP contribution is -1.93. The summed E-state index contributed by atoms with van der Waals surface area (Å²) >= 11 is 0. The maximum atomic E-state index is 10.2. The number of carboxylic acids is 2. The van der Waals surface area contributed by atoms with Crippen molar-refractivity contribution < 1.29 is 19.8 Å². The number of carbonyl (C=O) groups is 2. The first-order valence-corrected chi connectivity index (χ1v) is 10.1. The van der Waals surface area contributed by atoms with E-state index in [-0.39, 0.29) is 0 Å². The molecule has 4 heteroatoms. The minimum Gasteiger partial charge on any atom is -0.478 e. The van der Waals surface area contributed by atoms with Gasteiger partial charge in [-0.05, 0) is 31.2 Å². The van der Waals surface area contributed by atoms with Crippen LogP contribution in [0.4, 0.5) is 0 Å². The van der Waals surface area contributed by atoms with E-state index in [9.17, 15) is 9.59 Å². The highest BCUT2D eigenvalue weighted by Crippen LogP contribution is 1.97. The van der Waals surface area contributed by atoms with Gasteiger partial charge >= 0.3 is 11.9 Å². The lowest BCUT2D eigenvalue weighted by Gasteiger charge is -1.88. The number of carboxylic acid groups (broad SMARTS) is 2. The first kappa shape index (κ1) is 28.6. The largest absolute Gasteiger partial charge is 0.478 e. The summed E-state index contributed by atoms with van der Waals surface area (Å²) < 4.78 is 0. The van der Waals surface area contributed by atoms with Gasteiger partial charge in [-0.2, -0.15) is 0 Å². The van der Waals surface area contributed by atoms with Crippen LogP contribution in [-0.4, -0.2) is 22.2 Å². The SMILES string of the molecule is C=C.Cc1ccccc1.O=C(O)c1ccccc1.O=C(O)c1ccccc1.c1ccccc1. The molecule has 0 aromatic heterocycles. The van der Waals surface area contributed by atoms with Crippen molar-refractivity contribution in [1.82, 2.24) is 0 Å². The van der Waals surface area contributed by atoms with Crippen molar-refractivity contribution in [1.29, 1.82) is 0 Å². The second-order valence-electron chi connectivity index (χ2n) is 6.15. The number of aromatic carboxylic acids is 2. The van der Waals surface area contributed by atoms with E-state index in [1.807, 2.05) is 54.6 Å². The van der Waals surface area contributed by atoms with E-state index in [4.69, 9.17) is 10.2 Å². The lowest BCUT2D eigenvalue weighted by atomic mass is 10.2. The van der Waals surface area contributed by atoms with E-state index in [1.165, 1.54) is 5.56 Å². The van der Waals surface area contributed by atoms with E-state index < -0.39 is 11.9 Å². The van der Waals surface area contributed by atoms with Crippen molar-refractivity contribution in [2.24, 2.45) is 0 Å². The molecular formula is C29H30O4. The van der Waals surface area contributed by atoms with E-state index in [0.29, 0.717) is 11.1 Å². The zero-order valence-corrected chi connectivity index (χ0v) is 18.7. The molecule has 0 aliphatic rings. The second kappa shape index (κ2) is 19.5. The summed E-state index contributed by atoms with van der Waals surface area (Å²) in [5.74, 6) is -1.76. The third-order valence-corrected chi connectivity index (χ3v) is 3.65. The monoisotopic (exact) mass is 442 g/mol. The van der Waals surface area contributed by atoms with Crippen LogP contribution in [0.2, 0.25) is 0 Å². The van der Waals surface area contributed by atoms with E-state index >= 15 is 0 Å². The maximum absolute atomic E-state index is 10.2. The summed E-state index contributed by atoms with van der Waals surface area (Å²) in [5, 5.41) is 16.8. The summed E-state index contributed by atoms with van der Waals surface area (Å²) in [7, 11) is 0. The van der Waals surface area contributed by atoms with Gasteiger partial charge in [-0.25, -0.2) is 9.59 Å². The highest BCUT2D eigenvalue weighted by Gasteiger charge is 1.97.